The van der Waals surface area contributed by atoms with Gasteiger partial charge in [0.1, 0.15) is 6.10 Å². The average molecular weight is 215 g/mol. The maximum atomic E-state index is 11.1. The molecular formula is C10H17NO4. The van der Waals surface area contributed by atoms with Crippen LogP contribution in [-0.2, 0) is 9.53 Å². The monoisotopic (exact) mass is 215 g/mol. The van der Waals surface area contributed by atoms with E-state index in [2.05, 4.69) is 5.32 Å². The van der Waals surface area contributed by atoms with Crippen LogP contribution >= 0.6 is 0 Å². The SMILES string of the molecule is CC(OC(=O)NCCCC(=O)O)C1CC1. The average Bonchev–Trinajstić information content (AvgIpc) is 2.94. The van der Waals surface area contributed by atoms with Gasteiger partial charge >= 0.3 is 12.1 Å². The number of amides is 1. The van der Waals surface area contributed by atoms with E-state index >= 15 is 0 Å². The lowest BCUT2D eigenvalue weighted by atomic mass is 10.3. The summed E-state index contributed by atoms with van der Waals surface area (Å²) in [6.07, 6.45) is 2.30. The van der Waals surface area contributed by atoms with Gasteiger partial charge in [-0.15, -0.1) is 0 Å². The number of carbonyl (C=O) groups excluding carboxylic acids is 1. The third-order valence-electron chi connectivity index (χ3n) is 2.42. The molecule has 5 heteroatoms. The number of rotatable bonds is 6. The standard InChI is InChI=1S/C10H17NO4/c1-7(8-4-5-8)15-10(14)11-6-2-3-9(12)13/h7-8H,2-6H2,1H3,(H,11,14)(H,12,13). The van der Waals surface area contributed by atoms with E-state index in [9.17, 15) is 9.59 Å². The lowest BCUT2D eigenvalue weighted by Gasteiger charge is -2.12. The van der Waals surface area contributed by atoms with Gasteiger partial charge in [0.2, 0.25) is 0 Å². The second-order valence-corrected chi connectivity index (χ2v) is 3.87. The molecule has 0 heterocycles. The van der Waals surface area contributed by atoms with E-state index in [1.165, 1.54) is 0 Å². The number of hydrogen-bond donors (Lipinski definition) is 2. The van der Waals surface area contributed by atoms with Crippen molar-refractivity contribution in [3.05, 3.63) is 0 Å². The van der Waals surface area contributed by atoms with Crippen LogP contribution in [0.5, 0.6) is 0 Å². The van der Waals surface area contributed by atoms with Crippen LogP contribution in [0, 0.1) is 5.92 Å². The van der Waals surface area contributed by atoms with Crippen LogP contribution < -0.4 is 5.32 Å². The lowest BCUT2D eigenvalue weighted by molar-refractivity contribution is -0.137. The number of hydrogen-bond acceptors (Lipinski definition) is 3. The Morgan fingerprint density at radius 2 is 2.20 bits per heavy atom. The predicted molar refractivity (Wildman–Crippen MR) is 53.5 cm³/mol. The van der Waals surface area contributed by atoms with E-state index in [0.29, 0.717) is 18.9 Å². The summed E-state index contributed by atoms with van der Waals surface area (Å²) in [6.45, 7) is 2.23. The van der Waals surface area contributed by atoms with Crippen molar-refractivity contribution in [1.82, 2.24) is 5.32 Å². The van der Waals surface area contributed by atoms with Crippen molar-refractivity contribution in [3.8, 4) is 0 Å². The lowest BCUT2D eigenvalue weighted by Crippen LogP contribution is -2.29. The summed E-state index contributed by atoms with van der Waals surface area (Å²) in [5.41, 5.74) is 0. The smallest absolute Gasteiger partial charge is 0.407 e. The fourth-order valence-electron chi connectivity index (χ4n) is 1.30. The molecule has 0 aromatic rings. The third-order valence-corrected chi connectivity index (χ3v) is 2.42. The zero-order valence-corrected chi connectivity index (χ0v) is 8.86. The first-order valence-corrected chi connectivity index (χ1v) is 5.26. The summed E-state index contributed by atoms with van der Waals surface area (Å²) in [7, 11) is 0. The van der Waals surface area contributed by atoms with E-state index in [0.717, 1.165) is 12.8 Å². The molecule has 2 N–H and O–H groups in total. The summed E-state index contributed by atoms with van der Waals surface area (Å²) >= 11 is 0. The van der Waals surface area contributed by atoms with Gasteiger partial charge in [0, 0.05) is 13.0 Å². The first-order chi connectivity index (χ1) is 7.09. The third kappa shape index (κ3) is 5.24. The minimum Gasteiger partial charge on any atom is -0.481 e. The molecule has 1 fully saturated rings. The highest BCUT2D eigenvalue weighted by Crippen LogP contribution is 2.33. The summed E-state index contributed by atoms with van der Waals surface area (Å²) in [6, 6.07) is 0. The Morgan fingerprint density at radius 3 is 2.73 bits per heavy atom. The molecule has 0 radical (unpaired) electrons. The van der Waals surface area contributed by atoms with Crippen molar-refractivity contribution < 1.29 is 19.4 Å². The highest BCUT2D eigenvalue weighted by molar-refractivity contribution is 5.68. The van der Waals surface area contributed by atoms with E-state index in [1.807, 2.05) is 6.92 Å². The van der Waals surface area contributed by atoms with Crippen molar-refractivity contribution in [3.63, 3.8) is 0 Å². The van der Waals surface area contributed by atoms with E-state index < -0.39 is 12.1 Å². The molecule has 1 amide bonds. The molecule has 0 aromatic carbocycles. The highest BCUT2D eigenvalue weighted by atomic mass is 16.6. The first kappa shape index (κ1) is 11.8. The van der Waals surface area contributed by atoms with Gasteiger partial charge < -0.3 is 15.2 Å². The second-order valence-electron chi connectivity index (χ2n) is 3.87. The van der Waals surface area contributed by atoms with E-state index in [-0.39, 0.29) is 12.5 Å². The normalized spacial score (nSPS) is 16.9. The Labute approximate surface area is 88.8 Å². The Hall–Kier alpha value is -1.26. The van der Waals surface area contributed by atoms with Crippen LogP contribution in [0.25, 0.3) is 0 Å². The molecule has 1 saturated carbocycles. The molecule has 1 aliphatic carbocycles. The van der Waals surface area contributed by atoms with Crippen LogP contribution in [-0.4, -0.2) is 29.8 Å². The molecular weight excluding hydrogens is 198 g/mol. The maximum Gasteiger partial charge on any atom is 0.407 e. The zero-order valence-electron chi connectivity index (χ0n) is 8.86. The minimum absolute atomic E-state index is 0.0236. The topological polar surface area (TPSA) is 75.6 Å². The number of carbonyl (C=O) groups is 2. The molecule has 1 rings (SSSR count). The molecule has 15 heavy (non-hydrogen) atoms. The predicted octanol–water partition coefficient (Wildman–Crippen LogP) is 1.38. The largest absolute Gasteiger partial charge is 0.481 e. The van der Waals surface area contributed by atoms with Gasteiger partial charge in [0.15, 0.2) is 0 Å². The zero-order chi connectivity index (χ0) is 11.3. The van der Waals surface area contributed by atoms with Gasteiger partial charge in [0.05, 0.1) is 0 Å². The van der Waals surface area contributed by atoms with Crippen LogP contribution in [0.15, 0.2) is 0 Å². The van der Waals surface area contributed by atoms with Gasteiger partial charge in [-0.2, -0.15) is 0 Å². The van der Waals surface area contributed by atoms with E-state index in [1.54, 1.807) is 0 Å². The van der Waals surface area contributed by atoms with Crippen molar-refractivity contribution in [2.24, 2.45) is 5.92 Å². The van der Waals surface area contributed by atoms with Crippen LogP contribution in [0.2, 0.25) is 0 Å². The molecule has 0 spiro atoms. The van der Waals surface area contributed by atoms with Crippen molar-refractivity contribution in [2.75, 3.05) is 6.54 Å². The Bertz CT molecular complexity index is 238. The van der Waals surface area contributed by atoms with Gasteiger partial charge in [-0.25, -0.2) is 4.79 Å². The minimum atomic E-state index is -0.850. The first-order valence-electron chi connectivity index (χ1n) is 5.26. The highest BCUT2D eigenvalue weighted by Gasteiger charge is 2.30. The van der Waals surface area contributed by atoms with Crippen LogP contribution in [0.3, 0.4) is 0 Å². The quantitative estimate of drug-likeness (QED) is 0.656. The molecule has 1 aliphatic rings. The summed E-state index contributed by atoms with van der Waals surface area (Å²) in [5.74, 6) is -0.328. The van der Waals surface area contributed by atoms with Crippen molar-refractivity contribution in [2.45, 2.75) is 38.7 Å². The maximum absolute atomic E-state index is 11.1. The van der Waals surface area contributed by atoms with Gasteiger partial charge in [0.25, 0.3) is 0 Å². The molecule has 0 aliphatic heterocycles. The number of carboxylic acid groups (broad SMARTS) is 1. The number of ether oxygens (including phenoxy) is 1. The fourth-order valence-corrected chi connectivity index (χ4v) is 1.30. The number of alkyl carbamates (subject to hydrolysis) is 1. The molecule has 86 valence electrons. The van der Waals surface area contributed by atoms with Gasteiger partial charge in [-0.1, -0.05) is 0 Å². The van der Waals surface area contributed by atoms with Crippen molar-refractivity contribution >= 4 is 12.1 Å². The molecule has 5 nitrogen and oxygen atoms in total. The Kier molecular flexibility index (Phi) is 4.39. The number of aliphatic carboxylic acids is 1. The molecule has 1 atom stereocenters. The number of nitrogens with one attached hydrogen (secondary N) is 1. The summed E-state index contributed by atoms with van der Waals surface area (Å²) in [4.78, 5) is 21.3. The van der Waals surface area contributed by atoms with Gasteiger partial charge in [-0.05, 0) is 32.1 Å². The second kappa shape index (κ2) is 5.58. The molecule has 0 aromatic heterocycles. The number of carboxylic acids is 1. The van der Waals surface area contributed by atoms with Crippen LogP contribution in [0.4, 0.5) is 4.79 Å². The van der Waals surface area contributed by atoms with Crippen LogP contribution in [0.1, 0.15) is 32.6 Å². The molecule has 0 saturated heterocycles. The summed E-state index contributed by atoms with van der Waals surface area (Å²) < 4.78 is 5.08. The van der Waals surface area contributed by atoms with Crippen molar-refractivity contribution in [1.29, 1.82) is 0 Å². The summed E-state index contributed by atoms with van der Waals surface area (Å²) in [5, 5.41) is 10.9. The van der Waals surface area contributed by atoms with E-state index in [4.69, 9.17) is 9.84 Å². The Morgan fingerprint density at radius 1 is 1.53 bits per heavy atom. The van der Waals surface area contributed by atoms with Gasteiger partial charge in [-0.3, -0.25) is 4.79 Å². The molecule has 0 bridgehead atoms. The Balaban J connectivity index is 2.00. The fraction of sp³-hybridized carbons (Fsp3) is 0.800. The molecule has 1 unspecified atom stereocenters.